The fourth-order valence-corrected chi connectivity index (χ4v) is 3.03. The number of nitro benzene ring substituents is 1. The molecule has 5 nitrogen and oxygen atoms in total. The van der Waals surface area contributed by atoms with Crippen LogP contribution in [0.1, 0.15) is 15.9 Å². The normalized spacial score (nSPS) is 10.4. The molecule has 7 heteroatoms. The number of carboxylic acids is 1. The zero-order chi connectivity index (χ0) is 15.6. The molecule has 0 atom stereocenters. The molecule has 0 aliphatic rings. The molecule has 1 N–H and O–H groups in total. The van der Waals surface area contributed by atoms with Crippen LogP contribution in [0.15, 0.2) is 50.7 Å². The van der Waals surface area contributed by atoms with Crippen molar-refractivity contribution in [3.05, 3.63) is 62.1 Å². The van der Waals surface area contributed by atoms with E-state index in [0.29, 0.717) is 19.8 Å². The molecule has 0 spiro atoms. The predicted octanol–water partition coefficient (Wildman–Crippen LogP) is 4.52. The third kappa shape index (κ3) is 3.62. The van der Waals surface area contributed by atoms with Crippen molar-refractivity contribution >= 4 is 39.3 Å². The maximum absolute atomic E-state index is 11.1. The minimum absolute atomic E-state index is 0.0215. The number of benzene rings is 2. The van der Waals surface area contributed by atoms with E-state index in [0.717, 1.165) is 0 Å². The van der Waals surface area contributed by atoms with Gasteiger partial charge in [0.25, 0.3) is 5.69 Å². The smallest absolute Gasteiger partial charge is 0.335 e. The third-order valence-electron chi connectivity index (χ3n) is 2.78. The maximum atomic E-state index is 11.1. The summed E-state index contributed by atoms with van der Waals surface area (Å²) in [7, 11) is 0. The molecule has 21 heavy (non-hydrogen) atoms. The summed E-state index contributed by atoms with van der Waals surface area (Å²) in [5.74, 6) is -1.01. The first-order valence-corrected chi connectivity index (χ1v) is 7.45. The van der Waals surface area contributed by atoms with Crippen LogP contribution in [0.5, 0.6) is 0 Å². The van der Waals surface area contributed by atoms with Crippen molar-refractivity contribution in [3.63, 3.8) is 0 Å². The van der Waals surface area contributed by atoms with Gasteiger partial charge in [0.15, 0.2) is 0 Å². The van der Waals surface area contributed by atoms with Crippen LogP contribution in [-0.4, -0.2) is 16.0 Å². The Hall–Kier alpha value is -1.86. The topological polar surface area (TPSA) is 80.4 Å². The highest BCUT2D eigenvalue weighted by molar-refractivity contribution is 9.10. The zero-order valence-electron chi connectivity index (χ0n) is 10.9. The van der Waals surface area contributed by atoms with Crippen molar-refractivity contribution in [1.29, 1.82) is 0 Å². The molecule has 0 aromatic heterocycles. The molecule has 108 valence electrons. The lowest BCUT2D eigenvalue weighted by Crippen LogP contribution is -1.99. The SMILES string of the molecule is Cc1ccc(Sc2ccc(Br)cc2[N+](=O)[O-])cc1C(=O)O. The molecule has 0 bridgehead atoms. The molecule has 0 radical (unpaired) electrons. The average Bonchev–Trinajstić information content (AvgIpc) is 2.42. The lowest BCUT2D eigenvalue weighted by atomic mass is 10.1. The van der Waals surface area contributed by atoms with Crippen molar-refractivity contribution in [3.8, 4) is 0 Å². The number of halogens is 1. The van der Waals surface area contributed by atoms with E-state index in [9.17, 15) is 14.9 Å². The van der Waals surface area contributed by atoms with Gasteiger partial charge in [-0.05, 0) is 36.8 Å². The molecule has 0 saturated heterocycles. The summed E-state index contributed by atoms with van der Waals surface area (Å²) < 4.78 is 0.619. The molecule has 2 aromatic rings. The van der Waals surface area contributed by atoms with Crippen LogP contribution < -0.4 is 0 Å². The van der Waals surface area contributed by atoms with Gasteiger partial charge in [-0.15, -0.1) is 0 Å². The Balaban J connectivity index is 2.41. The van der Waals surface area contributed by atoms with Gasteiger partial charge in [0.2, 0.25) is 0 Å². The van der Waals surface area contributed by atoms with E-state index in [4.69, 9.17) is 5.11 Å². The fourth-order valence-electron chi connectivity index (χ4n) is 1.74. The van der Waals surface area contributed by atoms with Crippen LogP contribution in [0, 0.1) is 17.0 Å². The largest absolute Gasteiger partial charge is 0.478 e. The van der Waals surface area contributed by atoms with Crippen LogP contribution in [0.4, 0.5) is 5.69 Å². The first-order valence-electron chi connectivity index (χ1n) is 5.84. The second kappa shape index (κ2) is 6.28. The Labute approximate surface area is 133 Å². The van der Waals surface area contributed by atoms with Gasteiger partial charge in [-0.3, -0.25) is 10.1 Å². The highest BCUT2D eigenvalue weighted by atomic mass is 79.9. The van der Waals surface area contributed by atoms with Crippen molar-refractivity contribution in [1.82, 2.24) is 0 Å². The number of nitrogens with zero attached hydrogens (tertiary/aromatic N) is 1. The molecule has 2 aromatic carbocycles. The maximum Gasteiger partial charge on any atom is 0.335 e. The van der Waals surface area contributed by atoms with Gasteiger partial charge in [-0.1, -0.05) is 33.8 Å². The van der Waals surface area contributed by atoms with E-state index in [1.807, 2.05) is 0 Å². The highest BCUT2D eigenvalue weighted by Crippen LogP contribution is 2.36. The van der Waals surface area contributed by atoms with Gasteiger partial charge >= 0.3 is 5.97 Å². The van der Waals surface area contributed by atoms with Crippen molar-refractivity contribution in [2.75, 3.05) is 0 Å². The number of aryl methyl sites for hydroxylation is 1. The van der Waals surface area contributed by atoms with Gasteiger partial charge in [0.1, 0.15) is 0 Å². The summed E-state index contributed by atoms with van der Waals surface area (Å²) in [6, 6.07) is 9.73. The predicted molar refractivity (Wildman–Crippen MR) is 83.1 cm³/mol. The van der Waals surface area contributed by atoms with E-state index in [2.05, 4.69) is 15.9 Å². The second-order valence-electron chi connectivity index (χ2n) is 4.25. The summed E-state index contributed by atoms with van der Waals surface area (Å²) in [4.78, 5) is 22.8. The van der Waals surface area contributed by atoms with Gasteiger partial charge in [0, 0.05) is 15.4 Å². The number of aromatic carboxylic acids is 1. The molecule has 0 amide bonds. The molecule has 0 aliphatic heterocycles. The fraction of sp³-hybridized carbons (Fsp3) is 0.0714. The minimum Gasteiger partial charge on any atom is -0.478 e. The summed E-state index contributed by atoms with van der Waals surface area (Å²) in [5.41, 5.74) is 0.823. The Bertz CT molecular complexity index is 733. The van der Waals surface area contributed by atoms with Crippen LogP contribution in [0.25, 0.3) is 0 Å². The molecule has 0 unspecified atom stereocenters. The monoisotopic (exact) mass is 367 g/mol. The Morgan fingerprint density at radius 1 is 1.29 bits per heavy atom. The molecule has 0 heterocycles. The number of carboxylic acid groups (broad SMARTS) is 1. The first kappa shape index (κ1) is 15.5. The van der Waals surface area contributed by atoms with Gasteiger partial charge < -0.3 is 5.11 Å². The van der Waals surface area contributed by atoms with Crippen LogP contribution >= 0.6 is 27.7 Å². The van der Waals surface area contributed by atoms with E-state index >= 15 is 0 Å². The van der Waals surface area contributed by atoms with Gasteiger partial charge in [0.05, 0.1) is 15.4 Å². The van der Waals surface area contributed by atoms with Crippen molar-refractivity contribution < 1.29 is 14.8 Å². The lowest BCUT2D eigenvalue weighted by molar-refractivity contribution is -0.387. The summed E-state index contributed by atoms with van der Waals surface area (Å²) in [5, 5.41) is 20.2. The van der Waals surface area contributed by atoms with E-state index in [1.165, 1.54) is 23.9 Å². The average molecular weight is 368 g/mol. The number of rotatable bonds is 4. The van der Waals surface area contributed by atoms with Crippen LogP contribution in [0.2, 0.25) is 0 Å². The molecular weight excluding hydrogens is 358 g/mol. The Morgan fingerprint density at radius 3 is 2.62 bits per heavy atom. The van der Waals surface area contributed by atoms with E-state index in [-0.39, 0.29) is 11.3 Å². The van der Waals surface area contributed by atoms with E-state index < -0.39 is 10.9 Å². The van der Waals surface area contributed by atoms with Crippen molar-refractivity contribution in [2.45, 2.75) is 16.7 Å². The first-order chi connectivity index (χ1) is 9.88. The molecule has 0 fully saturated rings. The second-order valence-corrected chi connectivity index (χ2v) is 6.28. The summed E-state index contributed by atoms with van der Waals surface area (Å²) >= 11 is 4.36. The van der Waals surface area contributed by atoms with Gasteiger partial charge in [-0.25, -0.2) is 4.79 Å². The summed E-state index contributed by atoms with van der Waals surface area (Å²) in [6.07, 6.45) is 0. The van der Waals surface area contributed by atoms with Crippen molar-refractivity contribution in [2.24, 2.45) is 0 Å². The molecule has 0 aliphatic carbocycles. The lowest BCUT2D eigenvalue weighted by Gasteiger charge is -2.06. The van der Waals surface area contributed by atoms with Crippen LogP contribution in [-0.2, 0) is 0 Å². The van der Waals surface area contributed by atoms with Crippen LogP contribution in [0.3, 0.4) is 0 Å². The number of nitro groups is 1. The molecule has 2 rings (SSSR count). The zero-order valence-corrected chi connectivity index (χ0v) is 13.3. The third-order valence-corrected chi connectivity index (χ3v) is 4.33. The highest BCUT2D eigenvalue weighted by Gasteiger charge is 2.16. The number of carbonyl (C=O) groups is 1. The Morgan fingerprint density at radius 2 is 2.00 bits per heavy atom. The molecule has 0 saturated carbocycles. The summed E-state index contributed by atoms with van der Waals surface area (Å²) in [6.45, 7) is 1.71. The number of hydrogen-bond acceptors (Lipinski definition) is 4. The Kier molecular flexibility index (Phi) is 4.64. The molecular formula is C14H10BrNO4S. The van der Waals surface area contributed by atoms with E-state index in [1.54, 1.807) is 31.2 Å². The number of hydrogen-bond donors (Lipinski definition) is 1. The standard InChI is InChI=1S/C14H10BrNO4S/c1-8-2-4-10(7-11(8)14(17)18)21-13-5-3-9(15)6-12(13)16(19)20/h2-7H,1H3,(H,17,18). The quantitative estimate of drug-likeness (QED) is 0.634. The van der Waals surface area contributed by atoms with Gasteiger partial charge in [-0.2, -0.15) is 0 Å². The minimum atomic E-state index is -1.01.